The van der Waals surface area contributed by atoms with Gasteiger partial charge in [0.15, 0.2) is 0 Å². The predicted octanol–water partition coefficient (Wildman–Crippen LogP) is 4.39. The number of hydrogen-bond acceptors (Lipinski definition) is 6. The van der Waals surface area contributed by atoms with Crippen LogP contribution in [0.2, 0.25) is 0 Å². The van der Waals surface area contributed by atoms with Crippen LogP contribution in [0.3, 0.4) is 0 Å². The first-order chi connectivity index (χ1) is 15.8. The number of nitrogens with one attached hydrogen (secondary N) is 2. The summed E-state index contributed by atoms with van der Waals surface area (Å²) in [6.45, 7) is 1.36. The monoisotopic (exact) mass is 476 g/mol. The molecule has 1 unspecified atom stereocenters. The van der Waals surface area contributed by atoms with Gasteiger partial charge >= 0.3 is 0 Å². The van der Waals surface area contributed by atoms with Crippen molar-refractivity contribution in [1.82, 2.24) is 9.71 Å². The van der Waals surface area contributed by atoms with Gasteiger partial charge in [0, 0.05) is 12.6 Å². The molecule has 0 fully saturated rings. The van der Waals surface area contributed by atoms with Gasteiger partial charge in [0.25, 0.3) is 0 Å². The van der Waals surface area contributed by atoms with E-state index in [-0.39, 0.29) is 10.8 Å². The summed E-state index contributed by atoms with van der Waals surface area (Å²) in [7, 11) is -3.94. The minimum absolute atomic E-state index is 0.0330. The summed E-state index contributed by atoms with van der Waals surface area (Å²) in [4.78, 5) is 16.1. The molecule has 0 bridgehead atoms. The summed E-state index contributed by atoms with van der Waals surface area (Å²) in [6, 6.07) is 22.2. The van der Waals surface area contributed by atoms with Gasteiger partial charge in [-0.3, -0.25) is 4.79 Å². The Bertz CT molecular complexity index is 1440. The molecule has 166 valence electrons. The lowest BCUT2D eigenvalue weighted by molar-refractivity contribution is -0.114. The largest absolute Gasteiger partial charge is 0.326 e. The highest BCUT2D eigenvalue weighted by molar-refractivity contribution is 7.89. The maximum atomic E-state index is 13.3. The zero-order chi connectivity index (χ0) is 23.4. The smallest absolute Gasteiger partial charge is 0.241 e. The molecule has 1 heterocycles. The fourth-order valence-corrected chi connectivity index (χ4v) is 5.76. The van der Waals surface area contributed by atoms with E-state index in [4.69, 9.17) is 0 Å². The zero-order valence-electron chi connectivity index (χ0n) is 17.6. The number of fused-ring (bicyclic) bond motifs is 1. The van der Waals surface area contributed by atoms with Crippen molar-refractivity contribution >= 4 is 43.2 Å². The van der Waals surface area contributed by atoms with E-state index in [1.165, 1.54) is 30.4 Å². The summed E-state index contributed by atoms with van der Waals surface area (Å²) in [5.41, 5.74) is 2.50. The lowest BCUT2D eigenvalue weighted by atomic mass is 10.0. The third-order valence-corrected chi connectivity index (χ3v) is 7.49. The number of nitriles is 1. The van der Waals surface area contributed by atoms with Gasteiger partial charge in [-0.15, -0.1) is 11.3 Å². The van der Waals surface area contributed by atoms with Crippen LogP contribution in [0.25, 0.3) is 10.2 Å². The van der Waals surface area contributed by atoms with Crippen molar-refractivity contribution in [2.45, 2.75) is 24.3 Å². The maximum Gasteiger partial charge on any atom is 0.241 e. The third-order valence-electron chi connectivity index (χ3n) is 4.87. The Morgan fingerprint density at radius 2 is 1.88 bits per heavy atom. The van der Waals surface area contributed by atoms with Crippen molar-refractivity contribution in [1.29, 1.82) is 5.26 Å². The van der Waals surface area contributed by atoms with Crippen molar-refractivity contribution < 1.29 is 13.2 Å². The topological polar surface area (TPSA) is 112 Å². The number of carbonyl (C=O) groups is 1. The average Bonchev–Trinajstić information content (AvgIpc) is 3.23. The lowest BCUT2D eigenvalue weighted by Gasteiger charge is -2.17. The molecule has 9 heteroatoms. The van der Waals surface area contributed by atoms with Crippen molar-refractivity contribution in [2.24, 2.45) is 0 Å². The predicted molar refractivity (Wildman–Crippen MR) is 128 cm³/mol. The molecule has 0 aliphatic heterocycles. The van der Waals surface area contributed by atoms with Crippen LogP contribution in [0.4, 0.5) is 5.69 Å². The summed E-state index contributed by atoms with van der Waals surface area (Å²) in [5, 5.41) is 12.5. The molecule has 0 aliphatic carbocycles. The van der Waals surface area contributed by atoms with E-state index in [2.05, 4.69) is 21.1 Å². The molecule has 7 nitrogen and oxygen atoms in total. The fourth-order valence-electron chi connectivity index (χ4n) is 3.42. The second-order valence-electron chi connectivity index (χ2n) is 7.42. The fraction of sp³-hybridized carbons (Fsp3) is 0.125. The van der Waals surface area contributed by atoms with E-state index in [0.717, 1.165) is 15.8 Å². The number of para-hydroxylation sites is 1. The molecule has 0 saturated carbocycles. The van der Waals surface area contributed by atoms with Gasteiger partial charge in [-0.2, -0.15) is 5.26 Å². The molecular weight excluding hydrogens is 456 g/mol. The number of anilines is 1. The number of sulfonamides is 1. The van der Waals surface area contributed by atoms with E-state index in [0.29, 0.717) is 22.7 Å². The molecule has 0 saturated heterocycles. The molecule has 4 rings (SSSR count). The standard InChI is InChI=1S/C24H20N4O3S2/c1-16(29)26-19-8-5-9-20(14-19)33(30,31)28-22(13-17-6-4-7-18(12-17)15-25)24-27-21-10-2-3-11-23(21)32-24/h2-12,14,22,28H,13H2,1H3,(H,26,29). The molecule has 1 aromatic heterocycles. The Labute approximate surface area is 195 Å². The highest BCUT2D eigenvalue weighted by Crippen LogP contribution is 2.30. The van der Waals surface area contributed by atoms with E-state index < -0.39 is 16.1 Å². The van der Waals surface area contributed by atoms with Crippen LogP contribution < -0.4 is 10.0 Å². The lowest BCUT2D eigenvalue weighted by Crippen LogP contribution is -2.30. The van der Waals surface area contributed by atoms with Gasteiger partial charge in [-0.25, -0.2) is 18.1 Å². The molecular formula is C24H20N4O3S2. The SMILES string of the molecule is CC(=O)Nc1cccc(S(=O)(=O)NC(Cc2cccc(C#N)c2)c2nc3ccccc3s2)c1. The summed E-state index contributed by atoms with van der Waals surface area (Å²) in [6.07, 6.45) is 0.319. The first-order valence-corrected chi connectivity index (χ1v) is 12.4. The van der Waals surface area contributed by atoms with Crippen LogP contribution in [0, 0.1) is 11.3 Å². The van der Waals surface area contributed by atoms with Crippen LogP contribution in [0.5, 0.6) is 0 Å². The molecule has 0 radical (unpaired) electrons. The van der Waals surface area contributed by atoms with Crippen molar-refractivity contribution in [2.75, 3.05) is 5.32 Å². The van der Waals surface area contributed by atoms with E-state index in [1.54, 1.807) is 30.3 Å². The van der Waals surface area contributed by atoms with Crippen LogP contribution in [0.15, 0.2) is 77.7 Å². The second-order valence-corrected chi connectivity index (χ2v) is 10.2. The number of nitrogens with zero attached hydrogens (tertiary/aromatic N) is 2. The molecule has 1 amide bonds. The van der Waals surface area contributed by atoms with Crippen molar-refractivity contribution in [3.05, 3.63) is 88.9 Å². The Morgan fingerprint density at radius 3 is 2.64 bits per heavy atom. The minimum Gasteiger partial charge on any atom is -0.326 e. The van der Waals surface area contributed by atoms with Gasteiger partial charge < -0.3 is 5.32 Å². The molecule has 4 aromatic rings. The Hall–Kier alpha value is -3.58. The van der Waals surface area contributed by atoms with E-state index in [1.807, 2.05) is 30.3 Å². The molecule has 0 spiro atoms. The Balaban J connectivity index is 1.71. The molecule has 1 atom stereocenters. The quantitative estimate of drug-likeness (QED) is 0.411. The van der Waals surface area contributed by atoms with Crippen LogP contribution >= 0.6 is 11.3 Å². The van der Waals surface area contributed by atoms with Gasteiger partial charge in [0.05, 0.1) is 32.8 Å². The first-order valence-electron chi connectivity index (χ1n) is 10.1. The van der Waals surface area contributed by atoms with Crippen LogP contribution in [0.1, 0.15) is 29.1 Å². The van der Waals surface area contributed by atoms with Gasteiger partial charge in [0.2, 0.25) is 15.9 Å². The highest BCUT2D eigenvalue weighted by Gasteiger charge is 2.25. The second kappa shape index (κ2) is 9.50. The molecule has 2 N–H and O–H groups in total. The van der Waals surface area contributed by atoms with E-state index >= 15 is 0 Å². The van der Waals surface area contributed by atoms with Gasteiger partial charge in [-0.1, -0.05) is 30.3 Å². The molecule has 3 aromatic carbocycles. The van der Waals surface area contributed by atoms with E-state index in [9.17, 15) is 18.5 Å². The number of hydrogen-bond donors (Lipinski definition) is 2. The number of aromatic nitrogens is 1. The van der Waals surface area contributed by atoms with Crippen molar-refractivity contribution in [3.8, 4) is 6.07 Å². The summed E-state index contributed by atoms with van der Waals surface area (Å²) >= 11 is 1.42. The van der Waals surface area contributed by atoms with Crippen LogP contribution in [-0.2, 0) is 21.2 Å². The number of benzene rings is 3. The highest BCUT2D eigenvalue weighted by atomic mass is 32.2. The van der Waals surface area contributed by atoms with Gasteiger partial charge in [-0.05, 0) is 54.4 Å². The number of rotatable bonds is 7. The van der Waals surface area contributed by atoms with Gasteiger partial charge in [0.1, 0.15) is 5.01 Å². The number of amides is 1. The zero-order valence-corrected chi connectivity index (χ0v) is 19.3. The third kappa shape index (κ3) is 5.43. The average molecular weight is 477 g/mol. The van der Waals surface area contributed by atoms with Crippen LogP contribution in [-0.4, -0.2) is 19.3 Å². The number of carbonyl (C=O) groups excluding carboxylic acids is 1. The summed E-state index contributed by atoms with van der Waals surface area (Å²) in [5.74, 6) is -0.290. The Morgan fingerprint density at radius 1 is 1.09 bits per heavy atom. The normalized spacial score (nSPS) is 12.2. The minimum atomic E-state index is -3.94. The molecule has 33 heavy (non-hydrogen) atoms. The van der Waals surface area contributed by atoms with Crippen molar-refractivity contribution in [3.63, 3.8) is 0 Å². The molecule has 0 aliphatic rings. The summed E-state index contributed by atoms with van der Waals surface area (Å²) < 4.78 is 30.3. The Kier molecular flexibility index (Phi) is 6.51. The first kappa shape index (κ1) is 22.6. The number of thiazole rings is 1. The maximum absolute atomic E-state index is 13.3.